The summed E-state index contributed by atoms with van der Waals surface area (Å²) in [6.07, 6.45) is 7.34. The molecule has 0 unspecified atom stereocenters. The van der Waals surface area contributed by atoms with Gasteiger partial charge >= 0.3 is 0 Å². The topological polar surface area (TPSA) is 50.5 Å². The molecule has 0 radical (unpaired) electrons. The Labute approximate surface area is 122 Å². The van der Waals surface area contributed by atoms with E-state index in [-0.39, 0.29) is 5.91 Å². The van der Waals surface area contributed by atoms with Crippen molar-refractivity contribution in [2.45, 2.75) is 26.2 Å². The van der Waals surface area contributed by atoms with Gasteiger partial charge in [0.05, 0.1) is 11.1 Å². The number of aromatic nitrogens is 2. The quantitative estimate of drug-likeness (QED) is 0.744. The molecule has 1 amide bonds. The summed E-state index contributed by atoms with van der Waals surface area (Å²) in [4.78, 5) is 19.1. The molecule has 1 aromatic heterocycles. The van der Waals surface area contributed by atoms with Crippen LogP contribution in [-0.2, 0) is 11.8 Å². The fourth-order valence-electron chi connectivity index (χ4n) is 2.42. The van der Waals surface area contributed by atoms with Crippen LogP contribution in [0.3, 0.4) is 0 Å². The molecule has 1 aromatic rings. The van der Waals surface area contributed by atoms with Gasteiger partial charge in [-0.2, -0.15) is 10.1 Å². The number of hydrogen-bond donors (Lipinski definition) is 0. The number of aliphatic imine (C=N–C) groups is 1. The van der Waals surface area contributed by atoms with Gasteiger partial charge < -0.3 is 4.90 Å². The fourth-order valence-corrected chi connectivity index (χ4v) is 3.37. The van der Waals surface area contributed by atoms with E-state index in [9.17, 15) is 4.79 Å². The monoisotopic (exact) mass is 290 g/mol. The van der Waals surface area contributed by atoms with E-state index in [2.05, 4.69) is 15.0 Å². The molecular weight excluding hydrogens is 272 g/mol. The maximum absolute atomic E-state index is 12.0. The van der Waals surface area contributed by atoms with Crippen LogP contribution in [0.5, 0.6) is 0 Å². The van der Waals surface area contributed by atoms with E-state index in [1.54, 1.807) is 6.20 Å². The molecule has 6 heteroatoms. The predicted molar refractivity (Wildman–Crippen MR) is 81.4 cm³/mol. The Kier molecular flexibility index (Phi) is 3.65. The van der Waals surface area contributed by atoms with E-state index < -0.39 is 0 Å². The van der Waals surface area contributed by atoms with Gasteiger partial charge in [0.15, 0.2) is 5.17 Å². The molecule has 5 nitrogen and oxygen atoms in total. The summed E-state index contributed by atoms with van der Waals surface area (Å²) >= 11 is 1.49. The molecule has 0 N–H and O–H groups in total. The zero-order valence-electron chi connectivity index (χ0n) is 11.8. The molecule has 2 aliphatic heterocycles. The minimum atomic E-state index is -0.126. The highest BCUT2D eigenvalue weighted by Gasteiger charge is 2.27. The first-order valence-electron chi connectivity index (χ1n) is 6.91. The Morgan fingerprint density at radius 3 is 2.70 bits per heavy atom. The van der Waals surface area contributed by atoms with Crippen LogP contribution >= 0.6 is 11.8 Å². The lowest BCUT2D eigenvalue weighted by atomic mass is 10.1. The van der Waals surface area contributed by atoms with Crippen molar-refractivity contribution in [3.63, 3.8) is 0 Å². The molecule has 0 aliphatic carbocycles. The molecule has 2 aliphatic rings. The number of piperidine rings is 1. The highest BCUT2D eigenvalue weighted by Crippen LogP contribution is 2.31. The van der Waals surface area contributed by atoms with Crippen molar-refractivity contribution in [2.75, 3.05) is 13.1 Å². The van der Waals surface area contributed by atoms with Gasteiger partial charge in [0.25, 0.3) is 5.91 Å². The average molecular weight is 290 g/mol. The molecule has 20 heavy (non-hydrogen) atoms. The number of likely N-dealkylation sites (tertiary alicyclic amines) is 1. The zero-order valence-corrected chi connectivity index (χ0v) is 12.6. The summed E-state index contributed by atoms with van der Waals surface area (Å²) in [7, 11) is 1.90. The van der Waals surface area contributed by atoms with Gasteiger partial charge in [-0.1, -0.05) is 0 Å². The maximum Gasteiger partial charge on any atom is 0.286 e. The minimum absolute atomic E-state index is 0.126. The summed E-state index contributed by atoms with van der Waals surface area (Å²) < 4.78 is 1.81. The van der Waals surface area contributed by atoms with Gasteiger partial charge in [-0.25, -0.2) is 0 Å². The van der Waals surface area contributed by atoms with Crippen molar-refractivity contribution in [3.8, 4) is 0 Å². The number of rotatable bonds is 1. The van der Waals surface area contributed by atoms with E-state index in [0.717, 1.165) is 29.5 Å². The standard InChI is InChI=1S/C14H18N4OS/c1-10-11(9-15-17(10)2)8-12-13(19)16-14(20-12)18-6-4-3-5-7-18/h8-9H,3-7H2,1-2H3/b12-8-. The molecule has 106 valence electrons. The SMILES string of the molecule is Cc1c(/C=C2\SC(N3CCCCC3)=NC2=O)cnn1C. The van der Waals surface area contributed by atoms with Gasteiger partial charge in [-0.15, -0.1) is 0 Å². The Balaban J connectivity index is 1.78. The summed E-state index contributed by atoms with van der Waals surface area (Å²) in [6, 6.07) is 0. The molecule has 0 saturated carbocycles. The fraction of sp³-hybridized carbons (Fsp3) is 0.500. The van der Waals surface area contributed by atoms with Crippen molar-refractivity contribution in [1.29, 1.82) is 0 Å². The Bertz CT molecular complexity index is 596. The van der Waals surface area contributed by atoms with Crippen molar-refractivity contribution in [2.24, 2.45) is 12.0 Å². The number of amides is 1. The molecule has 1 fully saturated rings. The first-order chi connectivity index (χ1) is 9.65. The van der Waals surface area contributed by atoms with E-state index in [0.29, 0.717) is 4.91 Å². The number of aryl methyl sites for hydroxylation is 1. The average Bonchev–Trinajstić information content (AvgIpc) is 2.98. The largest absolute Gasteiger partial charge is 0.351 e. The summed E-state index contributed by atoms with van der Waals surface area (Å²) in [5.41, 5.74) is 2.04. The van der Waals surface area contributed by atoms with E-state index >= 15 is 0 Å². The first kappa shape index (κ1) is 13.4. The van der Waals surface area contributed by atoms with Crippen LogP contribution in [0.4, 0.5) is 0 Å². The van der Waals surface area contributed by atoms with Crippen LogP contribution in [0.15, 0.2) is 16.1 Å². The maximum atomic E-state index is 12.0. The number of carbonyl (C=O) groups is 1. The first-order valence-corrected chi connectivity index (χ1v) is 7.73. The van der Waals surface area contributed by atoms with Gasteiger partial charge in [0, 0.05) is 31.4 Å². The van der Waals surface area contributed by atoms with E-state index in [4.69, 9.17) is 0 Å². The van der Waals surface area contributed by atoms with Crippen molar-refractivity contribution in [1.82, 2.24) is 14.7 Å². The van der Waals surface area contributed by atoms with Crippen molar-refractivity contribution < 1.29 is 4.79 Å². The Morgan fingerprint density at radius 1 is 1.30 bits per heavy atom. The third kappa shape index (κ3) is 2.52. The highest BCUT2D eigenvalue weighted by molar-refractivity contribution is 8.18. The molecule has 0 bridgehead atoms. The molecule has 0 atom stereocenters. The lowest BCUT2D eigenvalue weighted by Gasteiger charge is -2.27. The number of carbonyl (C=O) groups excluding carboxylic acids is 1. The van der Waals surface area contributed by atoms with Gasteiger partial charge in [-0.05, 0) is 44.0 Å². The van der Waals surface area contributed by atoms with Crippen LogP contribution in [0.1, 0.15) is 30.5 Å². The third-order valence-electron chi connectivity index (χ3n) is 3.80. The smallest absolute Gasteiger partial charge is 0.286 e. The second-order valence-electron chi connectivity index (χ2n) is 5.17. The number of amidine groups is 1. The minimum Gasteiger partial charge on any atom is -0.351 e. The number of thioether (sulfide) groups is 1. The van der Waals surface area contributed by atoms with Crippen molar-refractivity contribution in [3.05, 3.63) is 22.4 Å². The molecule has 3 rings (SSSR count). The van der Waals surface area contributed by atoms with Crippen LogP contribution in [0.2, 0.25) is 0 Å². The van der Waals surface area contributed by atoms with E-state index in [1.165, 1.54) is 31.0 Å². The van der Waals surface area contributed by atoms with Crippen LogP contribution in [-0.4, -0.2) is 38.8 Å². The van der Waals surface area contributed by atoms with Crippen LogP contribution in [0.25, 0.3) is 6.08 Å². The Morgan fingerprint density at radius 2 is 2.05 bits per heavy atom. The van der Waals surface area contributed by atoms with Gasteiger partial charge in [0.1, 0.15) is 0 Å². The second kappa shape index (κ2) is 5.44. The van der Waals surface area contributed by atoms with Crippen LogP contribution in [0, 0.1) is 6.92 Å². The molecule has 3 heterocycles. The van der Waals surface area contributed by atoms with Crippen molar-refractivity contribution >= 4 is 28.9 Å². The molecule has 0 aromatic carbocycles. The second-order valence-corrected chi connectivity index (χ2v) is 6.18. The lowest BCUT2D eigenvalue weighted by Crippen LogP contribution is -2.33. The van der Waals surface area contributed by atoms with E-state index in [1.807, 2.05) is 24.7 Å². The Hall–Kier alpha value is -1.56. The summed E-state index contributed by atoms with van der Waals surface area (Å²) in [5, 5.41) is 5.06. The van der Waals surface area contributed by atoms with Gasteiger partial charge in [-0.3, -0.25) is 9.48 Å². The number of nitrogens with zero attached hydrogens (tertiary/aromatic N) is 4. The number of hydrogen-bond acceptors (Lipinski definition) is 4. The van der Waals surface area contributed by atoms with Gasteiger partial charge in [0.2, 0.25) is 0 Å². The lowest BCUT2D eigenvalue weighted by molar-refractivity contribution is -0.113. The summed E-state index contributed by atoms with van der Waals surface area (Å²) in [5.74, 6) is -0.126. The zero-order chi connectivity index (χ0) is 14.1. The van der Waals surface area contributed by atoms with Crippen LogP contribution < -0.4 is 0 Å². The normalized spacial score (nSPS) is 21.7. The predicted octanol–water partition coefficient (Wildman–Crippen LogP) is 2.18. The third-order valence-corrected chi connectivity index (χ3v) is 4.84. The molecule has 1 saturated heterocycles. The molecular formula is C14H18N4OS. The molecule has 0 spiro atoms. The summed E-state index contributed by atoms with van der Waals surface area (Å²) in [6.45, 7) is 4.02. The highest BCUT2D eigenvalue weighted by atomic mass is 32.2.